The Balaban J connectivity index is 3.24. The zero-order valence-corrected chi connectivity index (χ0v) is 12.7. The van der Waals surface area contributed by atoms with E-state index in [-0.39, 0.29) is 17.1 Å². The van der Waals surface area contributed by atoms with Gasteiger partial charge in [-0.2, -0.15) is 0 Å². The largest absolute Gasteiger partial charge is 0.482 e. The number of methoxy groups -OCH3 is 1. The molecule has 4 heteroatoms. The Morgan fingerprint density at radius 1 is 1.20 bits per heavy atom. The van der Waals surface area contributed by atoms with Crippen LogP contribution >= 0.6 is 0 Å². The smallest absolute Gasteiger partial charge is 0.203 e. The minimum Gasteiger partial charge on any atom is -0.482 e. The van der Waals surface area contributed by atoms with Gasteiger partial charge in [0, 0.05) is 16.8 Å². The highest BCUT2D eigenvalue weighted by atomic mass is 16.5. The lowest BCUT2D eigenvalue weighted by atomic mass is 9.85. The normalized spacial score (nSPS) is 12.4. The Kier molecular flexibility index (Phi) is 5.08. The van der Waals surface area contributed by atoms with E-state index in [1.165, 1.54) is 7.11 Å². The molecule has 1 aromatic carbocycles. The van der Waals surface area contributed by atoms with Gasteiger partial charge in [-0.1, -0.05) is 39.0 Å². The van der Waals surface area contributed by atoms with E-state index in [2.05, 4.69) is 5.32 Å². The zero-order valence-electron chi connectivity index (χ0n) is 12.7. The minimum absolute atomic E-state index is 0.120. The second kappa shape index (κ2) is 6.37. The molecule has 0 atom stereocenters. The monoisotopic (exact) mass is 274 g/mol. The van der Waals surface area contributed by atoms with E-state index in [4.69, 9.17) is 10.1 Å². The molecule has 0 heterocycles. The minimum atomic E-state index is -0.570. The second-order valence-electron chi connectivity index (χ2n) is 5.60. The number of carbonyl (C=O) groups is 1. The molecule has 20 heavy (non-hydrogen) atoms. The van der Waals surface area contributed by atoms with E-state index < -0.39 is 5.41 Å². The van der Waals surface area contributed by atoms with Gasteiger partial charge in [0.25, 0.3) is 0 Å². The Morgan fingerprint density at radius 3 is 2.15 bits per heavy atom. The van der Waals surface area contributed by atoms with Crippen LogP contribution < -0.4 is 5.32 Å². The molecule has 2 N–H and O–H groups in total. The average molecular weight is 274 g/mol. The van der Waals surface area contributed by atoms with Crippen LogP contribution in [0.4, 0.5) is 5.69 Å². The molecule has 0 unspecified atom stereocenters. The fraction of sp³-hybridized carbons (Fsp3) is 0.375. The summed E-state index contributed by atoms with van der Waals surface area (Å²) in [4.78, 5) is 12.5. The lowest BCUT2D eigenvalue weighted by Gasteiger charge is -2.21. The van der Waals surface area contributed by atoms with Gasteiger partial charge >= 0.3 is 0 Å². The Bertz CT molecular complexity index is 525. The quantitative estimate of drug-likeness (QED) is 0.490. The molecule has 0 radical (unpaired) electrons. The first-order chi connectivity index (χ1) is 9.27. The Morgan fingerprint density at radius 2 is 1.75 bits per heavy atom. The number of benzene rings is 1. The van der Waals surface area contributed by atoms with Gasteiger partial charge in [0.2, 0.25) is 5.88 Å². The summed E-state index contributed by atoms with van der Waals surface area (Å²) >= 11 is 0. The molecule has 0 saturated carbocycles. The summed E-state index contributed by atoms with van der Waals surface area (Å²) in [6, 6.07) is 9.43. The maximum Gasteiger partial charge on any atom is 0.203 e. The fourth-order valence-corrected chi connectivity index (χ4v) is 1.69. The van der Waals surface area contributed by atoms with E-state index in [9.17, 15) is 4.79 Å². The topological polar surface area (TPSA) is 62.2 Å². The molecule has 4 nitrogen and oxygen atoms in total. The number of Topliss-reactive ketones (excluding diaryl/α,β-unsaturated/α-hetero) is 1. The summed E-state index contributed by atoms with van der Waals surface area (Å²) in [5.74, 6) is 0.189. The van der Waals surface area contributed by atoms with Gasteiger partial charge in [-0.05, 0) is 19.1 Å². The summed E-state index contributed by atoms with van der Waals surface area (Å²) in [6.07, 6.45) is 0. The van der Waals surface area contributed by atoms with E-state index in [1.807, 2.05) is 51.1 Å². The number of ketones is 1. The lowest BCUT2D eigenvalue weighted by molar-refractivity contribution is -0.122. The molecular weight excluding hydrogens is 252 g/mol. The van der Waals surface area contributed by atoms with Crippen LogP contribution in [-0.4, -0.2) is 18.6 Å². The second-order valence-corrected chi connectivity index (χ2v) is 5.60. The molecule has 0 aromatic heterocycles. The molecule has 0 fully saturated rings. The van der Waals surface area contributed by atoms with Crippen LogP contribution in [0.25, 0.3) is 0 Å². The van der Waals surface area contributed by atoms with Crippen LogP contribution in [0.5, 0.6) is 0 Å². The fourth-order valence-electron chi connectivity index (χ4n) is 1.69. The van der Waals surface area contributed by atoms with Gasteiger partial charge in [0.15, 0.2) is 5.78 Å². The van der Waals surface area contributed by atoms with Crippen LogP contribution in [0, 0.1) is 10.8 Å². The molecule has 108 valence electrons. The third-order valence-corrected chi connectivity index (χ3v) is 2.75. The van der Waals surface area contributed by atoms with Crippen molar-refractivity contribution in [3.8, 4) is 0 Å². The van der Waals surface area contributed by atoms with Gasteiger partial charge < -0.3 is 15.5 Å². The third kappa shape index (κ3) is 3.95. The summed E-state index contributed by atoms with van der Waals surface area (Å²) in [7, 11) is 1.49. The molecule has 0 aliphatic heterocycles. The molecule has 0 aliphatic carbocycles. The van der Waals surface area contributed by atoms with Crippen LogP contribution in [0.2, 0.25) is 0 Å². The summed E-state index contributed by atoms with van der Waals surface area (Å²) < 4.78 is 5.30. The molecule has 0 amide bonds. The average Bonchev–Trinajstić information content (AvgIpc) is 2.37. The van der Waals surface area contributed by atoms with E-state index in [1.54, 1.807) is 6.92 Å². The van der Waals surface area contributed by atoms with E-state index in [0.717, 1.165) is 5.69 Å². The molecule has 0 aliphatic rings. The number of ether oxygens (including phenoxy) is 1. The van der Waals surface area contributed by atoms with Gasteiger partial charge in [0.05, 0.1) is 12.7 Å². The number of anilines is 1. The van der Waals surface area contributed by atoms with Crippen LogP contribution in [0.15, 0.2) is 41.8 Å². The molecule has 1 aromatic rings. The van der Waals surface area contributed by atoms with Crippen molar-refractivity contribution in [3.05, 3.63) is 41.8 Å². The molecule has 1 rings (SSSR count). The molecule has 0 bridgehead atoms. The van der Waals surface area contributed by atoms with Crippen molar-refractivity contribution in [2.75, 3.05) is 12.4 Å². The van der Waals surface area contributed by atoms with E-state index >= 15 is 0 Å². The number of para-hydroxylation sites is 1. The first-order valence-corrected chi connectivity index (χ1v) is 6.48. The number of allylic oxidation sites excluding steroid dienone is 1. The maximum absolute atomic E-state index is 12.5. The van der Waals surface area contributed by atoms with Crippen molar-refractivity contribution < 1.29 is 9.53 Å². The van der Waals surface area contributed by atoms with Crippen LogP contribution in [0.3, 0.4) is 0 Å². The number of hydrogen-bond acceptors (Lipinski definition) is 4. The van der Waals surface area contributed by atoms with Gasteiger partial charge in [-0.25, -0.2) is 0 Å². The van der Waals surface area contributed by atoms with Crippen LogP contribution in [0.1, 0.15) is 27.7 Å². The lowest BCUT2D eigenvalue weighted by Crippen LogP contribution is -2.28. The molecular formula is C16H22N2O2. The van der Waals surface area contributed by atoms with Crippen molar-refractivity contribution in [2.24, 2.45) is 5.41 Å². The predicted molar refractivity (Wildman–Crippen MR) is 82.0 cm³/mol. The highest BCUT2D eigenvalue weighted by Gasteiger charge is 2.29. The zero-order chi connectivity index (χ0) is 15.3. The third-order valence-electron chi connectivity index (χ3n) is 2.75. The van der Waals surface area contributed by atoms with Gasteiger partial charge in [-0.3, -0.25) is 4.79 Å². The molecule has 0 spiro atoms. The standard InChI is InChI=1S/C16H22N2O2/c1-11(17)13(14(19)16(2,3)4)15(20-5)18-12-9-7-6-8-10-12/h6-10,17-18H,1-5H3/b15-13-,17-11?. The summed E-state index contributed by atoms with van der Waals surface area (Å²) in [5, 5.41) is 10.9. The van der Waals surface area contributed by atoms with Gasteiger partial charge in [0.1, 0.15) is 0 Å². The first-order valence-electron chi connectivity index (χ1n) is 6.48. The van der Waals surface area contributed by atoms with Crippen molar-refractivity contribution in [1.29, 1.82) is 5.41 Å². The van der Waals surface area contributed by atoms with Crippen molar-refractivity contribution >= 4 is 17.2 Å². The van der Waals surface area contributed by atoms with Crippen molar-refractivity contribution in [3.63, 3.8) is 0 Å². The number of carbonyl (C=O) groups excluding carboxylic acids is 1. The maximum atomic E-state index is 12.5. The van der Waals surface area contributed by atoms with Crippen molar-refractivity contribution in [2.45, 2.75) is 27.7 Å². The Labute approximate surface area is 120 Å². The van der Waals surface area contributed by atoms with E-state index in [0.29, 0.717) is 5.88 Å². The number of nitrogens with one attached hydrogen (secondary N) is 2. The SMILES string of the molecule is CO/C(Nc1ccccc1)=C(/C(C)=N)C(=O)C(C)(C)C. The van der Waals surface area contributed by atoms with Crippen molar-refractivity contribution in [1.82, 2.24) is 0 Å². The Hall–Kier alpha value is -2.10. The summed E-state index contributed by atoms with van der Waals surface area (Å²) in [5.41, 5.74) is 0.707. The highest BCUT2D eigenvalue weighted by Crippen LogP contribution is 2.24. The number of hydrogen-bond donors (Lipinski definition) is 2. The number of rotatable bonds is 5. The molecule has 0 saturated heterocycles. The summed E-state index contributed by atoms with van der Waals surface area (Å²) in [6.45, 7) is 7.07. The van der Waals surface area contributed by atoms with Crippen LogP contribution in [-0.2, 0) is 9.53 Å². The van der Waals surface area contributed by atoms with Gasteiger partial charge in [-0.15, -0.1) is 0 Å². The first kappa shape index (κ1) is 16.0. The highest BCUT2D eigenvalue weighted by molar-refractivity contribution is 6.22. The predicted octanol–water partition coefficient (Wildman–Crippen LogP) is 3.61.